The number of nitrogens with zero attached hydrogens (tertiary/aromatic N) is 1. The summed E-state index contributed by atoms with van der Waals surface area (Å²) in [4.78, 5) is 2.53. The molecule has 2 heteroatoms. The lowest BCUT2D eigenvalue weighted by Crippen LogP contribution is -2.21. The van der Waals surface area contributed by atoms with Gasteiger partial charge in [0.05, 0.1) is 0 Å². The van der Waals surface area contributed by atoms with E-state index in [1.54, 1.807) is 0 Å². The third-order valence-electron chi connectivity index (χ3n) is 4.45. The van der Waals surface area contributed by atoms with Crippen LogP contribution in [-0.4, -0.2) is 19.6 Å². The molecule has 0 amide bonds. The van der Waals surface area contributed by atoms with Crippen LogP contribution in [0.25, 0.3) is 0 Å². The molecule has 1 aliphatic heterocycles. The predicted octanol–water partition coefficient (Wildman–Crippen LogP) is 3.49. The third kappa shape index (κ3) is 3.11. The Balaban J connectivity index is 1.80. The smallest absolute Gasteiger partial charge is 0.0399 e. The second-order valence-electron chi connectivity index (χ2n) is 6.01. The Hall–Kier alpha value is -1.80. The van der Waals surface area contributed by atoms with Crippen molar-refractivity contribution in [2.75, 3.05) is 24.5 Å². The van der Waals surface area contributed by atoms with E-state index in [-0.39, 0.29) is 0 Å². The predicted molar refractivity (Wildman–Crippen MR) is 90.0 cm³/mol. The topological polar surface area (TPSA) is 29.3 Å². The molecular formula is C19H24N2. The molecule has 0 bridgehead atoms. The van der Waals surface area contributed by atoms with Gasteiger partial charge >= 0.3 is 0 Å². The molecule has 0 radical (unpaired) electrons. The van der Waals surface area contributed by atoms with E-state index < -0.39 is 0 Å². The normalized spacial score (nSPS) is 18.2. The first kappa shape index (κ1) is 14.2. The summed E-state index contributed by atoms with van der Waals surface area (Å²) in [5, 5.41) is 0. The molecule has 3 rings (SSSR count). The second-order valence-corrected chi connectivity index (χ2v) is 6.01. The Morgan fingerprint density at radius 1 is 1.14 bits per heavy atom. The van der Waals surface area contributed by atoms with Crippen LogP contribution in [0.2, 0.25) is 0 Å². The Labute approximate surface area is 127 Å². The van der Waals surface area contributed by atoms with Gasteiger partial charge in [-0.05, 0) is 43.5 Å². The Morgan fingerprint density at radius 2 is 1.95 bits per heavy atom. The van der Waals surface area contributed by atoms with Gasteiger partial charge in [-0.2, -0.15) is 0 Å². The van der Waals surface area contributed by atoms with Crippen molar-refractivity contribution in [1.82, 2.24) is 0 Å². The van der Waals surface area contributed by atoms with E-state index in [1.807, 2.05) is 0 Å². The second kappa shape index (κ2) is 6.31. The Morgan fingerprint density at radius 3 is 2.71 bits per heavy atom. The summed E-state index contributed by atoms with van der Waals surface area (Å²) in [7, 11) is 0. The zero-order chi connectivity index (χ0) is 14.7. The van der Waals surface area contributed by atoms with Gasteiger partial charge in [0.1, 0.15) is 0 Å². The summed E-state index contributed by atoms with van der Waals surface area (Å²) in [6.07, 6.45) is 2.20. The summed E-state index contributed by atoms with van der Waals surface area (Å²) in [6.45, 7) is 5.12. The molecule has 0 spiro atoms. The molecule has 0 aliphatic carbocycles. The van der Waals surface area contributed by atoms with Crippen molar-refractivity contribution in [3.8, 4) is 0 Å². The zero-order valence-electron chi connectivity index (χ0n) is 12.8. The average Bonchev–Trinajstić information content (AvgIpc) is 2.98. The highest BCUT2D eigenvalue weighted by atomic mass is 15.2. The summed E-state index contributed by atoms with van der Waals surface area (Å²) in [6, 6.07) is 17.7. The van der Waals surface area contributed by atoms with E-state index in [2.05, 4.69) is 60.4 Å². The van der Waals surface area contributed by atoms with Gasteiger partial charge in [0.2, 0.25) is 0 Å². The summed E-state index contributed by atoms with van der Waals surface area (Å²) in [5.74, 6) is 0.651. The first-order valence-electron chi connectivity index (χ1n) is 7.87. The van der Waals surface area contributed by atoms with Gasteiger partial charge in [-0.3, -0.25) is 0 Å². The standard InChI is InChI=1S/C19H24N2/c1-15-7-8-19(17(13-15)9-11-20)21-12-10-18(14-21)16-5-3-2-4-6-16/h2-8,13,18H,9-12,14,20H2,1H3. The Kier molecular flexibility index (Phi) is 4.26. The maximum atomic E-state index is 5.78. The van der Waals surface area contributed by atoms with Crippen LogP contribution in [0.15, 0.2) is 48.5 Å². The van der Waals surface area contributed by atoms with Crippen LogP contribution in [-0.2, 0) is 6.42 Å². The molecule has 2 nitrogen and oxygen atoms in total. The molecule has 1 saturated heterocycles. The molecule has 2 N–H and O–H groups in total. The Bertz CT molecular complexity index is 592. The number of nitrogens with two attached hydrogens (primary N) is 1. The molecule has 2 aromatic carbocycles. The van der Waals surface area contributed by atoms with Crippen LogP contribution in [0, 0.1) is 6.92 Å². The number of rotatable bonds is 4. The minimum absolute atomic E-state index is 0.651. The highest BCUT2D eigenvalue weighted by Gasteiger charge is 2.25. The van der Waals surface area contributed by atoms with Crippen molar-refractivity contribution in [2.45, 2.75) is 25.7 Å². The van der Waals surface area contributed by atoms with Crippen molar-refractivity contribution >= 4 is 5.69 Å². The number of anilines is 1. The van der Waals surface area contributed by atoms with Crippen molar-refractivity contribution in [1.29, 1.82) is 0 Å². The fourth-order valence-electron chi connectivity index (χ4n) is 3.35. The van der Waals surface area contributed by atoms with Gasteiger partial charge in [0, 0.05) is 24.7 Å². The number of aryl methyl sites for hydroxylation is 1. The number of hydrogen-bond donors (Lipinski definition) is 1. The first-order chi connectivity index (χ1) is 10.3. The van der Waals surface area contributed by atoms with Gasteiger partial charge in [-0.25, -0.2) is 0 Å². The molecular weight excluding hydrogens is 256 g/mol. The minimum atomic E-state index is 0.651. The van der Waals surface area contributed by atoms with E-state index in [0.717, 1.165) is 19.5 Å². The van der Waals surface area contributed by atoms with E-state index in [0.29, 0.717) is 12.5 Å². The van der Waals surface area contributed by atoms with Crippen LogP contribution in [0.3, 0.4) is 0 Å². The summed E-state index contributed by atoms with van der Waals surface area (Å²) in [5.41, 5.74) is 11.3. The van der Waals surface area contributed by atoms with Crippen LogP contribution >= 0.6 is 0 Å². The van der Waals surface area contributed by atoms with Gasteiger partial charge in [0.25, 0.3) is 0 Å². The van der Waals surface area contributed by atoms with E-state index in [1.165, 1.54) is 28.8 Å². The fraction of sp³-hybridized carbons (Fsp3) is 0.368. The largest absolute Gasteiger partial charge is 0.371 e. The molecule has 1 unspecified atom stereocenters. The number of hydrogen-bond acceptors (Lipinski definition) is 2. The van der Waals surface area contributed by atoms with Crippen LogP contribution < -0.4 is 10.6 Å². The van der Waals surface area contributed by atoms with E-state index >= 15 is 0 Å². The van der Waals surface area contributed by atoms with Crippen molar-refractivity contribution in [2.24, 2.45) is 5.73 Å². The molecule has 21 heavy (non-hydrogen) atoms. The van der Waals surface area contributed by atoms with Crippen LogP contribution in [0.5, 0.6) is 0 Å². The summed E-state index contributed by atoms with van der Waals surface area (Å²) < 4.78 is 0. The van der Waals surface area contributed by atoms with Crippen LogP contribution in [0.1, 0.15) is 29.0 Å². The lowest BCUT2D eigenvalue weighted by molar-refractivity contribution is 0.774. The summed E-state index contributed by atoms with van der Waals surface area (Å²) >= 11 is 0. The molecule has 0 aromatic heterocycles. The average molecular weight is 280 g/mol. The molecule has 2 aromatic rings. The van der Waals surface area contributed by atoms with Gasteiger partial charge < -0.3 is 10.6 Å². The molecule has 1 atom stereocenters. The molecule has 1 aliphatic rings. The quantitative estimate of drug-likeness (QED) is 0.929. The van der Waals surface area contributed by atoms with E-state index in [4.69, 9.17) is 5.73 Å². The van der Waals surface area contributed by atoms with Gasteiger partial charge in [-0.1, -0.05) is 48.0 Å². The van der Waals surface area contributed by atoms with E-state index in [9.17, 15) is 0 Å². The first-order valence-corrected chi connectivity index (χ1v) is 7.87. The molecule has 1 heterocycles. The van der Waals surface area contributed by atoms with Gasteiger partial charge in [0.15, 0.2) is 0 Å². The fourth-order valence-corrected chi connectivity index (χ4v) is 3.35. The highest BCUT2D eigenvalue weighted by Crippen LogP contribution is 2.32. The molecule has 110 valence electrons. The SMILES string of the molecule is Cc1ccc(N2CCC(c3ccccc3)C2)c(CCN)c1. The zero-order valence-corrected chi connectivity index (χ0v) is 12.8. The van der Waals surface area contributed by atoms with Crippen molar-refractivity contribution < 1.29 is 0 Å². The van der Waals surface area contributed by atoms with Crippen molar-refractivity contribution in [3.05, 3.63) is 65.2 Å². The monoisotopic (exact) mass is 280 g/mol. The maximum Gasteiger partial charge on any atom is 0.0399 e. The van der Waals surface area contributed by atoms with Gasteiger partial charge in [-0.15, -0.1) is 0 Å². The van der Waals surface area contributed by atoms with Crippen molar-refractivity contribution in [3.63, 3.8) is 0 Å². The highest BCUT2D eigenvalue weighted by molar-refractivity contribution is 5.56. The van der Waals surface area contributed by atoms with Crippen LogP contribution in [0.4, 0.5) is 5.69 Å². The maximum absolute atomic E-state index is 5.78. The number of benzene rings is 2. The lowest BCUT2D eigenvalue weighted by atomic mass is 9.99. The molecule has 1 fully saturated rings. The lowest BCUT2D eigenvalue weighted by Gasteiger charge is -2.22. The minimum Gasteiger partial charge on any atom is -0.371 e. The molecule has 0 saturated carbocycles. The third-order valence-corrected chi connectivity index (χ3v) is 4.45.